The van der Waals surface area contributed by atoms with Crippen molar-refractivity contribution in [3.8, 4) is 5.75 Å². The van der Waals surface area contributed by atoms with Crippen molar-refractivity contribution in [2.24, 2.45) is 0 Å². The minimum atomic E-state index is -0.253. The van der Waals surface area contributed by atoms with E-state index in [2.05, 4.69) is 5.32 Å². The van der Waals surface area contributed by atoms with Crippen LogP contribution in [0.3, 0.4) is 0 Å². The van der Waals surface area contributed by atoms with Gasteiger partial charge in [0.2, 0.25) is 0 Å². The number of halogens is 2. The fraction of sp³-hybridized carbons (Fsp3) is 0.250. The quantitative estimate of drug-likeness (QED) is 0.863. The van der Waals surface area contributed by atoms with Crippen molar-refractivity contribution in [3.63, 3.8) is 0 Å². The van der Waals surface area contributed by atoms with Crippen molar-refractivity contribution in [1.82, 2.24) is 5.32 Å². The van der Waals surface area contributed by atoms with Crippen molar-refractivity contribution < 1.29 is 9.13 Å². The molecule has 0 fully saturated rings. The van der Waals surface area contributed by atoms with Crippen LogP contribution >= 0.6 is 11.6 Å². The summed E-state index contributed by atoms with van der Waals surface area (Å²) < 4.78 is 19.0. The van der Waals surface area contributed by atoms with Gasteiger partial charge in [0.1, 0.15) is 18.2 Å². The van der Waals surface area contributed by atoms with Gasteiger partial charge in [0.25, 0.3) is 0 Å². The van der Waals surface area contributed by atoms with Gasteiger partial charge in [-0.25, -0.2) is 4.39 Å². The standard InChI is InChI=1S/C16H17ClFNO/c1-2-19-10-13-9-15(18)7-8-16(13)20-11-12-3-5-14(17)6-4-12/h3-9,19H,2,10-11H2,1H3. The van der Waals surface area contributed by atoms with Gasteiger partial charge in [-0.15, -0.1) is 0 Å². The molecule has 0 spiro atoms. The van der Waals surface area contributed by atoms with E-state index in [1.165, 1.54) is 12.1 Å². The summed E-state index contributed by atoms with van der Waals surface area (Å²) in [4.78, 5) is 0. The van der Waals surface area contributed by atoms with E-state index in [4.69, 9.17) is 16.3 Å². The molecule has 0 aliphatic heterocycles. The van der Waals surface area contributed by atoms with Crippen molar-refractivity contribution in [3.05, 3.63) is 64.4 Å². The molecule has 106 valence electrons. The molecule has 2 rings (SSSR count). The van der Waals surface area contributed by atoms with Crippen molar-refractivity contribution >= 4 is 11.6 Å². The molecular weight excluding hydrogens is 277 g/mol. The SMILES string of the molecule is CCNCc1cc(F)ccc1OCc1ccc(Cl)cc1. The molecule has 0 aliphatic carbocycles. The summed E-state index contributed by atoms with van der Waals surface area (Å²) in [6.45, 7) is 3.85. The third-order valence-corrected chi connectivity index (χ3v) is 3.15. The van der Waals surface area contributed by atoms with Crippen LogP contribution in [0.1, 0.15) is 18.1 Å². The van der Waals surface area contributed by atoms with E-state index in [9.17, 15) is 4.39 Å². The first-order valence-electron chi connectivity index (χ1n) is 6.55. The number of hydrogen-bond donors (Lipinski definition) is 1. The van der Waals surface area contributed by atoms with E-state index in [-0.39, 0.29) is 5.82 Å². The molecule has 2 aromatic rings. The zero-order valence-corrected chi connectivity index (χ0v) is 12.1. The Hall–Kier alpha value is -1.58. The maximum absolute atomic E-state index is 13.3. The van der Waals surface area contributed by atoms with Crippen LogP contribution in [0.2, 0.25) is 5.02 Å². The largest absolute Gasteiger partial charge is 0.489 e. The van der Waals surface area contributed by atoms with Crippen LogP contribution < -0.4 is 10.1 Å². The second kappa shape index (κ2) is 7.27. The zero-order chi connectivity index (χ0) is 14.4. The lowest BCUT2D eigenvalue weighted by molar-refractivity contribution is 0.301. The Kier molecular flexibility index (Phi) is 5.39. The fourth-order valence-corrected chi connectivity index (χ4v) is 1.95. The van der Waals surface area contributed by atoms with Gasteiger partial charge < -0.3 is 10.1 Å². The lowest BCUT2D eigenvalue weighted by atomic mass is 10.2. The van der Waals surface area contributed by atoms with Crippen LogP contribution in [-0.2, 0) is 13.2 Å². The van der Waals surface area contributed by atoms with E-state index in [0.29, 0.717) is 23.9 Å². The van der Waals surface area contributed by atoms with Gasteiger partial charge in [-0.2, -0.15) is 0 Å². The highest BCUT2D eigenvalue weighted by Crippen LogP contribution is 2.21. The lowest BCUT2D eigenvalue weighted by Gasteiger charge is -2.12. The highest BCUT2D eigenvalue weighted by atomic mass is 35.5. The highest BCUT2D eigenvalue weighted by molar-refractivity contribution is 6.30. The Morgan fingerprint density at radius 3 is 2.60 bits per heavy atom. The van der Waals surface area contributed by atoms with E-state index in [1.54, 1.807) is 6.07 Å². The molecule has 0 atom stereocenters. The second-order valence-electron chi connectivity index (χ2n) is 4.45. The third kappa shape index (κ3) is 4.22. The molecule has 4 heteroatoms. The highest BCUT2D eigenvalue weighted by Gasteiger charge is 2.05. The molecule has 2 aromatic carbocycles. The first kappa shape index (κ1) is 14.8. The minimum absolute atomic E-state index is 0.253. The Morgan fingerprint density at radius 1 is 1.15 bits per heavy atom. The summed E-state index contributed by atoms with van der Waals surface area (Å²) in [6.07, 6.45) is 0. The molecule has 0 bridgehead atoms. The van der Waals surface area contributed by atoms with E-state index in [0.717, 1.165) is 17.7 Å². The summed E-state index contributed by atoms with van der Waals surface area (Å²) in [6, 6.07) is 12.0. The monoisotopic (exact) mass is 293 g/mol. The zero-order valence-electron chi connectivity index (χ0n) is 11.3. The number of rotatable bonds is 6. The predicted molar refractivity (Wildman–Crippen MR) is 79.6 cm³/mol. The van der Waals surface area contributed by atoms with Gasteiger partial charge in [-0.1, -0.05) is 30.7 Å². The number of ether oxygens (including phenoxy) is 1. The van der Waals surface area contributed by atoms with Crippen LogP contribution in [0.4, 0.5) is 4.39 Å². The van der Waals surface area contributed by atoms with Crippen LogP contribution in [0, 0.1) is 5.82 Å². The average molecular weight is 294 g/mol. The summed E-state index contributed by atoms with van der Waals surface area (Å²) in [7, 11) is 0. The van der Waals surface area contributed by atoms with Gasteiger partial charge in [-0.05, 0) is 42.4 Å². The number of nitrogens with one attached hydrogen (secondary N) is 1. The van der Waals surface area contributed by atoms with Gasteiger partial charge in [0.05, 0.1) is 0 Å². The minimum Gasteiger partial charge on any atom is -0.489 e. The topological polar surface area (TPSA) is 21.3 Å². The predicted octanol–water partition coefficient (Wildman–Crippen LogP) is 4.17. The summed E-state index contributed by atoms with van der Waals surface area (Å²) >= 11 is 5.84. The van der Waals surface area contributed by atoms with Crippen molar-refractivity contribution in [1.29, 1.82) is 0 Å². The summed E-state index contributed by atoms with van der Waals surface area (Å²) in [5, 5.41) is 3.87. The normalized spacial score (nSPS) is 10.6. The second-order valence-corrected chi connectivity index (χ2v) is 4.88. The Morgan fingerprint density at radius 2 is 1.90 bits per heavy atom. The molecule has 0 amide bonds. The molecule has 0 heterocycles. The first-order valence-corrected chi connectivity index (χ1v) is 6.93. The molecule has 0 aliphatic rings. The number of benzene rings is 2. The molecule has 0 saturated heterocycles. The Labute approximate surface area is 123 Å². The maximum Gasteiger partial charge on any atom is 0.124 e. The fourth-order valence-electron chi connectivity index (χ4n) is 1.83. The van der Waals surface area contributed by atoms with Gasteiger partial charge >= 0.3 is 0 Å². The van der Waals surface area contributed by atoms with Gasteiger partial charge in [-0.3, -0.25) is 0 Å². The van der Waals surface area contributed by atoms with Gasteiger partial charge in [0.15, 0.2) is 0 Å². The van der Waals surface area contributed by atoms with Crippen LogP contribution in [0.5, 0.6) is 5.75 Å². The third-order valence-electron chi connectivity index (χ3n) is 2.90. The lowest BCUT2D eigenvalue weighted by Crippen LogP contribution is -2.13. The first-order chi connectivity index (χ1) is 9.69. The van der Waals surface area contributed by atoms with Crippen LogP contribution in [0.15, 0.2) is 42.5 Å². The molecule has 20 heavy (non-hydrogen) atoms. The molecule has 2 nitrogen and oxygen atoms in total. The van der Waals surface area contributed by atoms with E-state index in [1.807, 2.05) is 31.2 Å². The van der Waals surface area contributed by atoms with Crippen molar-refractivity contribution in [2.45, 2.75) is 20.1 Å². The number of hydrogen-bond acceptors (Lipinski definition) is 2. The van der Waals surface area contributed by atoms with Crippen molar-refractivity contribution in [2.75, 3.05) is 6.54 Å². The van der Waals surface area contributed by atoms with E-state index < -0.39 is 0 Å². The summed E-state index contributed by atoms with van der Waals surface area (Å²) in [5.41, 5.74) is 1.84. The molecule has 0 saturated carbocycles. The molecule has 0 unspecified atom stereocenters. The molecule has 1 N–H and O–H groups in total. The maximum atomic E-state index is 13.3. The molecule has 0 aromatic heterocycles. The van der Waals surface area contributed by atoms with Crippen LogP contribution in [0.25, 0.3) is 0 Å². The molecule has 0 radical (unpaired) electrons. The summed E-state index contributed by atoms with van der Waals surface area (Å²) in [5.74, 6) is 0.444. The van der Waals surface area contributed by atoms with E-state index >= 15 is 0 Å². The average Bonchev–Trinajstić information content (AvgIpc) is 2.46. The Balaban J connectivity index is 2.06. The van der Waals surface area contributed by atoms with Crippen LogP contribution in [-0.4, -0.2) is 6.54 Å². The smallest absolute Gasteiger partial charge is 0.124 e. The Bertz CT molecular complexity index is 557. The van der Waals surface area contributed by atoms with Gasteiger partial charge in [0, 0.05) is 17.1 Å². The molecular formula is C16H17ClFNO.